The lowest BCUT2D eigenvalue weighted by atomic mass is 9.47. The zero-order valence-corrected chi connectivity index (χ0v) is 14.4. The molecule has 126 valence electrons. The van der Waals surface area contributed by atoms with Gasteiger partial charge in [0.1, 0.15) is 0 Å². The van der Waals surface area contributed by atoms with Crippen molar-refractivity contribution in [2.75, 3.05) is 0 Å². The molecule has 7 atom stereocenters. The second-order valence-electron chi connectivity index (χ2n) is 8.96. The molecule has 3 heteroatoms. The van der Waals surface area contributed by atoms with Crippen molar-refractivity contribution in [1.82, 2.24) is 0 Å². The zero-order chi connectivity index (χ0) is 16.6. The maximum Gasteiger partial charge on any atom is 0.178 e. The molecule has 0 aliphatic heterocycles. The Labute approximate surface area is 138 Å². The topological polar surface area (TPSA) is 57.5 Å². The number of fused-ring (bicyclic) bond motifs is 5. The van der Waals surface area contributed by atoms with Crippen LogP contribution >= 0.6 is 0 Å². The predicted molar refractivity (Wildman–Crippen MR) is 88.6 cm³/mol. The van der Waals surface area contributed by atoms with Crippen LogP contribution in [0.1, 0.15) is 52.9 Å². The molecule has 0 saturated heterocycles. The average molecular weight is 316 g/mol. The Hall–Kier alpha value is -0.930. The van der Waals surface area contributed by atoms with E-state index in [1.54, 1.807) is 6.08 Å². The van der Waals surface area contributed by atoms with Crippen LogP contribution in [0.4, 0.5) is 0 Å². The molecule has 0 aromatic rings. The van der Waals surface area contributed by atoms with E-state index in [4.69, 9.17) is 0 Å². The summed E-state index contributed by atoms with van der Waals surface area (Å²) in [5.74, 6) is 1.54. The van der Waals surface area contributed by atoms with Gasteiger partial charge in [0.25, 0.3) is 0 Å². The Morgan fingerprint density at radius 3 is 2.65 bits per heavy atom. The van der Waals surface area contributed by atoms with E-state index in [2.05, 4.69) is 19.9 Å². The van der Waals surface area contributed by atoms with Crippen molar-refractivity contribution in [3.63, 3.8) is 0 Å². The Morgan fingerprint density at radius 2 is 1.91 bits per heavy atom. The number of allylic oxidation sites excluding steroid dienone is 4. The first-order valence-corrected chi connectivity index (χ1v) is 9.05. The largest absolute Gasteiger partial charge is 0.390 e. The summed E-state index contributed by atoms with van der Waals surface area (Å²) < 4.78 is 0. The van der Waals surface area contributed by atoms with E-state index in [9.17, 15) is 15.0 Å². The SMILES string of the molecule is C[C@]12C=CC(=O)C=C1CC[C@@H]1[C@@H]2CC[C@@]2(C)[C@H]1C[C@@H](O)[C@]2(C)O. The van der Waals surface area contributed by atoms with Gasteiger partial charge in [0.2, 0.25) is 0 Å². The minimum absolute atomic E-state index is 0.0163. The van der Waals surface area contributed by atoms with Crippen molar-refractivity contribution in [2.45, 2.75) is 64.6 Å². The highest BCUT2D eigenvalue weighted by molar-refractivity contribution is 6.01. The maximum absolute atomic E-state index is 11.8. The summed E-state index contributed by atoms with van der Waals surface area (Å²) >= 11 is 0. The van der Waals surface area contributed by atoms with Crippen molar-refractivity contribution in [2.24, 2.45) is 28.6 Å². The van der Waals surface area contributed by atoms with E-state index in [-0.39, 0.29) is 16.6 Å². The fourth-order valence-electron chi connectivity index (χ4n) is 6.43. The lowest BCUT2D eigenvalue weighted by Crippen LogP contribution is -2.54. The van der Waals surface area contributed by atoms with Crippen LogP contribution in [0.3, 0.4) is 0 Å². The molecule has 0 aromatic heterocycles. The Morgan fingerprint density at radius 1 is 1.17 bits per heavy atom. The van der Waals surface area contributed by atoms with E-state index >= 15 is 0 Å². The molecule has 2 N–H and O–H groups in total. The number of aliphatic hydroxyl groups is 2. The minimum Gasteiger partial charge on any atom is -0.390 e. The number of ketones is 1. The number of hydrogen-bond donors (Lipinski definition) is 2. The normalized spacial score (nSPS) is 55.0. The smallest absolute Gasteiger partial charge is 0.178 e. The molecule has 0 spiro atoms. The number of carbonyl (C=O) groups is 1. The van der Waals surface area contributed by atoms with Gasteiger partial charge in [-0.1, -0.05) is 25.5 Å². The van der Waals surface area contributed by atoms with Crippen LogP contribution in [0.5, 0.6) is 0 Å². The van der Waals surface area contributed by atoms with Crippen LogP contribution in [0.15, 0.2) is 23.8 Å². The quantitative estimate of drug-likeness (QED) is 0.722. The van der Waals surface area contributed by atoms with Gasteiger partial charge in [-0.3, -0.25) is 4.79 Å². The summed E-state index contributed by atoms with van der Waals surface area (Å²) in [6.07, 6.45) is 9.87. The first kappa shape index (κ1) is 15.6. The molecule has 3 nitrogen and oxygen atoms in total. The molecule has 0 bridgehead atoms. The third-order valence-corrected chi connectivity index (χ3v) is 8.23. The van der Waals surface area contributed by atoms with Gasteiger partial charge in [-0.25, -0.2) is 0 Å². The molecule has 3 fully saturated rings. The molecule has 4 rings (SSSR count). The summed E-state index contributed by atoms with van der Waals surface area (Å²) in [4.78, 5) is 11.8. The van der Waals surface area contributed by atoms with Crippen LogP contribution in [-0.2, 0) is 4.79 Å². The first-order valence-electron chi connectivity index (χ1n) is 9.05. The van der Waals surface area contributed by atoms with E-state index < -0.39 is 11.7 Å². The highest BCUT2D eigenvalue weighted by Gasteiger charge is 2.65. The van der Waals surface area contributed by atoms with Gasteiger partial charge >= 0.3 is 0 Å². The number of rotatable bonds is 0. The van der Waals surface area contributed by atoms with Crippen LogP contribution in [0, 0.1) is 28.6 Å². The van der Waals surface area contributed by atoms with Crippen molar-refractivity contribution >= 4 is 5.78 Å². The van der Waals surface area contributed by atoms with Crippen LogP contribution in [-0.4, -0.2) is 27.7 Å². The average Bonchev–Trinajstić information content (AvgIpc) is 2.67. The molecular formula is C20H28O3. The molecule has 23 heavy (non-hydrogen) atoms. The molecule has 3 saturated carbocycles. The van der Waals surface area contributed by atoms with Crippen molar-refractivity contribution in [3.8, 4) is 0 Å². The van der Waals surface area contributed by atoms with Gasteiger partial charge in [-0.15, -0.1) is 0 Å². The Kier molecular flexibility index (Phi) is 3.10. The fraction of sp³-hybridized carbons (Fsp3) is 0.750. The number of hydrogen-bond acceptors (Lipinski definition) is 3. The van der Waals surface area contributed by atoms with Gasteiger partial charge < -0.3 is 10.2 Å². The monoisotopic (exact) mass is 316 g/mol. The van der Waals surface area contributed by atoms with E-state index in [1.807, 2.05) is 13.0 Å². The molecule has 0 unspecified atom stereocenters. The van der Waals surface area contributed by atoms with Gasteiger partial charge in [-0.05, 0) is 68.9 Å². The summed E-state index contributed by atoms with van der Waals surface area (Å²) in [6.45, 7) is 6.29. The molecule has 0 amide bonds. The van der Waals surface area contributed by atoms with Crippen LogP contribution in [0.2, 0.25) is 0 Å². The van der Waals surface area contributed by atoms with Gasteiger partial charge in [-0.2, -0.15) is 0 Å². The summed E-state index contributed by atoms with van der Waals surface area (Å²) in [7, 11) is 0. The first-order chi connectivity index (χ1) is 10.7. The summed E-state index contributed by atoms with van der Waals surface area (Å²) in [5.41, 5.74) is 0.0924. The Balaban J connectivity index is 1.72. The number of aliphatic hydroxyl groups excluding tert-OH is 1. The zero-order valence-electron chi connectivity index (χ0n) is 14.4. The van der Waals surface area contributed by atoms with Crippen molar-refractivity contribution in [1.29, 1.82) is 0 Å². The maximum atomic E-state index is 11.8. The highest BCUT2D eigenvalue weighted by Crippen LogP contribution is 2.66. The highest BCUT2D eigenvalue weighted by atomic mass is 16.3. The van der Waals surface area contributed by atoms with Crippen molar-refractivity contribution in [3.05, 3.63) is 23.8 Å². The predicted octanol–water partition coefficient (Wildman–Crippen LogP) is 3.02. The van der Waals surface area contributed by atoms with Crippen LogP contribution in [0.25, 0.3) is 0 Å². The third kappa shape index (κ3) is 1.81. The molecule has 0 aromatic carbocycles. The second kappa shape index (κ2) is 4.58. The molecule has 0 heterocycles. The lowest BCUT2D eigenvalue weighted by molar-refractivity contribution is -0.140. The van der Waals surface area contributed by atoms with Crippen molar-refractivity contribution < 1.29 is 15.0 Å². The van der Waals surface area contributed by atoms with Gasteiger partial charge in [0, 0.05) is 10.8 Å². The van der Waals surface area contributed by atoms with E-state index in [0.29, 0.717) is 24.2 Å². The van der Waals surface area contributed by atoms with E-state index in [0.717, 1.165) is 25.7 Å². The summed E-state index contributed by atoms with van der Waals surface area (Å²) in [5, 5.41) is 21.4. The third-order valence-electron chi connectivity index (χ3n) is 8.23. The molecular weight excluding hydrogens is 288 g/mol. The lowest BCUT2D eigenvalue weighted by Gasteiger charge is -2.57. The fourth-order valence-corrected chi connectivity index (χ4v) is 6.43. The summed E-state index contributed by atoms with van der Waals surface area (Å²) in [6, 6.07) is 0. The molecule has 4 aliphatic rings. The van der Waals surface area contributed by atoms with E-state index in [1.165, 1.54) is 5.57 Å². The van der Waals surface area contributed by atoms with Gasteiger partial charge in [0.15, 0.2) is 5.78 Å². The minimum atomic E-state index is -0.988. The second-order valence-corrected chi connectivity index (χ2v) is 8.96. The number of carbonyl (C=O) groups excluding carboxylic acids is 1. The Bertz CT molecular complexity index is 616. The molecule has 0 radical (unpaired) electrons. The van der Waals surface area contributed by atoms with Crippen LogP contribution < -0.4 is 0 Å². The molecule has 4 aliphatic carbocycles. The van der Waals surface area contributed by atoms with Gasteiger partial charge in [0.05, 0.1) is 11.7 Å². The standard InChI is InChI=1S/C20H28O3/c1-18-8-6-13(21)10-12(18)4-5-14-15(18)7-9-19(2)16(14)11-17(22)20(19,3)23/h6,8,10,14-17,22-23H,4-5,7,9,11H2,1-3H3/t14-,15+,16+,17-,18+,19+,20+/m1/s1.